The number of fused-ring (bicyclic) bond motifs is 3. The highest BCUT2D eigenvalue weighted by molar-refractivity contribution is 8.18. The van der Waals surface area contributed by atoms with Gasteiger partial charge < -0.3 is 14.2 Å². The van der Waals surface area contributed by atoms with Gasteiger partial charge in [-0.05, 0) is 63.8 Å². The molecule has 1 saturated heterocycles. The SMILES string of the molecule is COC(=O)/C=C1/S/C(=N\N=Cc2ccc(OC(=O)OCC3c4ccccc4-c4ccccc43)cc2)NC1=O. The lowest BCUT2D eigenvalue weighted by Crippen LogP contribution is -2.19. The van der Waals surface area contributed by atoms with Gasteiger partial charge in [-0.2, -0.15) is 5.10 Å². The van der Waals surface area contributed by atoms with E-state index in [9.17, 15) is 14.4 Å². The van der Waals surface area contributed by atoms with Gasteiger partial charge >= 0.3 is 12.1 Å². The van der Waals surface area contributed by atoms with E-state index in [0.29, 0.717) is 11.3 Å². The molecule has 3 aromatic rings. The number of amidine groups is 1. The summed E-state index contributed by atoms with van der Waals surface area (Å²) in [7, 11) is 1.23. The van der Waals surface area contributed by atoms with E-state index < -0.39 is 18.0 Å². The Labute approximate surface area is 222 Å². The predicted molar refractivity (Wildman–Crippen MR) is 143 cm³/mol. The average Bonchev–Trinajstić information content (AvgIpc) is 3.45. The summed E-state index contributed by atoms with van der Waals surface area (Å²) in [6.07, 6.45) is 1.77. The molecule has 0 unspecified atom stereocenters. The average molecular weight is 528 g/mol. The number of carbonyl (C=O) groups excluding carboxylic acids is 3. The van der Waals surface area contributed by atoms with Crippen LogP contribution in [0.3, 0.4) is 0 Å². The summed E-state index contributed by atoms with van der Waals surface area (Å²) in [5.41, 5.74) is 5.24. The Balaban J connectivity index is 1.15. The van der Waals surface area contributed by atoms with Crippen molar-refractivity contribution in [3.63, 3.8) is 0 Å². The van der Waals surface area contributed by atoms with Crippen molar-refractivity contribution in [2.45, 2.75) is 5.92 Å². The molecule has 5 rings (SSSR count). The van der Waals surface area contributed by atoms with Crippen molar-refractivity contribution in [1.29, 1.82) is 0 Å². The molecule has 1 amide bonds. The van der Waals surface area contributed by atoms with E-state index in [0.717, 1.165) is 40.1 Å². The number of benzene rings is 3. The van der Waals surface area contributed by atoms with Crippen LogP contribution < -0.4 is 10.1 Å². The number of carbonyl (C=O) groups is 3. The third-order valence-corrected chi connectivity index (χ3v) is 6.77. The molecular weight excluding hydrogens is 506 g/mol. The van der Waals surface area contributed by atoms with E-state index in [4.69, 9.17) is 9.47 Å². The van der Waals surface area contributed by atoms with Gasteiger partial charge in [0.25, 0.3) is 5.91 Å². The molecule has 2 aliphatic rings. The van der Waals surface area contributed by atoms with Gasteiger partial charge in [-0.3, -0.25) is 10.1 Å². The Morgan fingerprint density at radius 1 is 0.974 bits per heavy atom. The maximum absolute atomic E-state index is 12.4. The highest BCUT2D eigenvalue weighted by Gasteiger charge is 2.29. The minimum atomic E-state index is -0.788. The number of hydrogen-bond acceptors (Lipinski definition) is 9. The second kappa shape index (κ2) is 11.1. The van der Waals surface area contributed by atoms with Gasteiger partial charge in [-0.15, -0.1) is 5.10 Å². The number of hydrogen-bond donors (Lipinski definition) is 1. The number of rotatable bonds is 6. The summed E-state index contributed by atoms with van der Waals surface area (Å²) in [6, 6.07) is 22.8. The summed E-state index contributed by atoms with van der Waals surface area (Å²) in [5.74, 6) is -0.816. The van der Waals surface area contributed by atoms with Crippen LogP contribution in [0.1, 0.15) is 22.6 Å². The first-order chi connectivity index (χ1) is 18.5. The van der Waals surface area contributed by atoms with Gasteiger partial charge in [0.05, 0.1) is 18.2 Å². The summed E-state index contributed by atoms with van der Waals surface area (Å²) >= 11 is 0.978. The van der Waals surface area contributed by atoms with Crippen LogP contribution in [-0.2, 0) is 19.1 Å². The molecule has 1 aliphatic heterocycles. The van der Waals surface area contributed by atoms with Crippen LogP contribution in [0.15, 0.2) is 94.0 Å². The number of thioether (sulfide) groups is 1. The lowest BCUT2D eigenvalue weighted by atomic mass is 9.98. The van der Waals surface area contributed by atoms with Gasteiger partial charge in [0.1, 0.15) is 12.4 Å². The molecule has 1 aliphatic carbocycles. The molecule has 1 fully saturated rings. The fourth-order valence-corrected chi connectivity index (χ4v) is 4.87. The van der Waals surface area contributed by atoms with Crippen LogP contribution in [0.25, 0.3) is 11.1 Å². The fourth-order valence-electron chi connectivity index (χ4n) is 4.13. The van der Waals surface area contributed by atoms with E-state index in [1.165, 1.54) is 13.3 Å². The number of nitrogens with one attached hydrogen (secondary N) is 1. The summed E-state index contributed by atoms with van der Waals surface area (Å²) < 4.78 is 15.3. The smallest absolute Gasteiger partial charge is 0.466 e. The molecule has 38 heavy (non-hydrogen) atoms. The molecule has 0 aromatic heterocycles. The second-order valence-electron chi connectivity index (χ2n) is 8.20. The van der Waals surface area contributed by atoms with E-state index in [1.807, 2.05) is 24.3 Å². The van der Waals surface area contributed by atoms with Crippen molar-refractivity contribution in [2.75, 3.05) is 13.7 Å². The molecule has 10 heteroatoms. The van der Waals surface area contributed by atoms with Gasteiger partial charge in [0, 0.05) is 12.0 Å². The highest BCUT2D eigenvalue weighted by atomic mass is 32.2. The van der Waals surface area contributed by atoms with Crippen LogP contribution in [0.5, 0.6) is 5.75 Å². The Kier molecular flexibility index (Phi) is 7.32. The second-order valence-corrected chi connectivity index (χ2v) is 9.23. The zero-order chi connectivity index (χ0) is 26.5. The lowest BCUT2D eigenvalue weighted by molar-refractivity contribution is -0.135. The van der Waals surface area contributed by atoms with Crippen LogP contribution in [0, 0.1) is 0 Å². The number of methoxy groups -OCH3 is 1. The summed E-state index contributed by atoms with van der Waals surface area (Å²) in [5, 5.41) is 10.6. The van der Waals surface area contributed by atoms with Crippen molar-refractivity contribution in [2.24, 2.45) is 10.2 Å². The first-order valence-corrected chi connectivity index (χ1v) is 12.4. The number of nitrogens with zero attached hydrogens (tertiary/aromatic N) is 2. The van der Waals surface area contributed by atoms with Gasteiger partial charge in [0.2, 0.25) is 0 Å². The molecule has 3 aromatic carbocycles. The summed E-state index contributed by atoms with van der Waals surface area (Å²) in [6.45, 7) is 0.170. The van der Waals surface area contributed by atoms with Crippen molar-refractivity contribution < 1.29 is 28.6 Å². The van der Waals surface area contributed by atoms with E-state index in [-0.39, 0.29) is 22.6 Å². The Morgan fingerprint density at radius 2 is 1.63 bits per heavy atom. The minimum Gasteiger partial charge on any atom is -0.466 e. The van der Waals surface area contributed by atoms with E-state index in [2.05, 4.69) is 44.5 Å². The number of amides is 1. The Morgan fingerprint density at radius 3 is 2.29 bits per heavy atom. The topological polar surface area (TPSA) is 116 Å². The monoisotopic (exact) mass is 527 g/mol. The molecule has 190 valence electrons. The van der Waals surface area contributed by atoms with Crippen molar-refractivity contribution in [1.82, 2.24) is 5.32 Å². The number of esters is 1. The molecule has 9 nitrogen and oxygen atoms in total. The van der Waals surface area contributed by atoms with Crippen molar-refractivity contribution in [3.8, 4) is 16.9 Å². The van der Waals surface area contributed by atoms with Gasteiger partial charge in [-0.25, -0.2) is 9.59 Å². The molecule has 0 atom stereocenters. The molecule has 1 heterocycles. The Bertz CT molecular complexity index is 1450. The molecule has 0 spiro atoms. The molecule has 0 bridgehead atoms. The zero-order valence-corrected chi connectivity index (χ0v) is 20.9. The third-order valence-electron chi connectivity index (χ3n) is 5.87. The van der Waals surface area contributed by atoms with E-state index in [1.54, 1.807) is 24.3 Å². The van der Waals surface area contributed by atoms with Gasteiger partial charge in [-0.1, -0.05) is 48.5 Å². The van der Waals surface area contributed by atoms with Crippen LogP contribution in [0.2, 0.25) is 0 Å². The van der Waals surface area contributed by atoms with Crippen molar-refractivity contribution in [3.05, 3.63) is 100 Å². The minimum absolute atomic E-state index is 0.0509. The quantitative estimate of drug-likeness (QED) is 0.163. The normalized spacial score (nSPS) is 16.4. The first kappa shape index (κ1) is 25.0. The largest absolute Gasteiger partial charge is 0.513 e. The first-order valence-electron chi connectivity index (χ1n) is 11.5. The highest BCUT2D eigenvalue weighted by Crippen LogP contribution is 2.44. The third kappa shape index (κ3) is 5.50. The zero-order valence-electron chi connectivity index (χ0n) is 20.1. The van der Waals surface area contributed by atoms with Crippen LogP contribution in [-0.4, -0.2) is 43.1 Å². The molecule has 0 radical (unpaired) electrons. The Hall–Kier alpha value is -4.70. The predicted octanol–water partition coefficient (Wildman–Crippen LogP) is 4.62. The fraction of sp³-hybridized carbons (Fsp3) is 0.107. The standard InChI is InChI=1S/C28H21N3O6S/c1-35-25(32)14-24-26(33)30-27(38-24)31-29-15-17-10-12-18(13-11-17)37-28(34)36-16-23-21-8-4-2-6-19(21)20-7-3-5-9-22(20)23/h2-15,23H,16H2,1H3,(H,30,31,33)/b24-14+,29-15?. The maximum Gasteiger partial charge on any atom is 0.513 e. The molecule has 1 N–H and O–H groups in total. The van der Waals surface area contributed by atoms with Crippen LogP contribution >= 0.6 is 11.8 Å². The number of ether oxygens (including phenoxy) is 3. The maximum atomic E-state index is 12.4. The van der Waals surface area contributed by atoms with Crippen LogP contribution in [0.4, 0.5) is 4.79 Å². The molecule has 0 saturated carbocycles. The van der Waals surface area contributed by atoms with E-state index >= 15 is 0 Å². The van der Waals surface area contributed by atoms with Crippen molar-refractivity contribution >= 4 is 41.2 Å². The lowest BCUT2D eigenvalue weighted by Gasteiger charge is -2.14. The molecular formula is C28H21N3O6S. The van der Waals surface area contributed by atoms with Gasteiger partial charge in [0.15, 0.2) is 5.17 Å². The summed E-state index contributed by atoms with van der Waals surface area (Å²) in [4.78, 5) is 35.7.